The van der Waals surface area contributed by atoms with Crippen LogP contribution in [-0.2, 0) is 13.0 Å². The summed E-state index contributed by atoms with van der Waals surface area (Å²) in [6.07, 6.45) is 3.04. The molecule has 1 fully saturated rings. The highest BCUT2D eigenvalue weighted by atomic mass is 16.3. The van der Waals surface area contributed by atoms with Crippen molar-refractivity contribution in [2.75, 3.05) is 6.54 Å². The van der Waals surface area contributed by atoms with Gasteiger partial charge >= 0.3 is 0 Å². The number of H-pyrrole nitrogens is 1. The van der Waals surface area contributed by atoms with E-state index >= 15 is 0 Å². The average molecular weight is 284 g/mol. The smallest absolute Gasteiger partial charge is 0.293 e. The Kier molecular flexibility index (Phi) is 2.70. The number of nitrogens with one attached hydrogen (secondary N) is 1. The molecule has 1 aliphatic heterocycles. The van der Waals surface area contributed by atoms with Gasteiger partial charge in [0.15, 0.2) is 0 Å². The number of benzene rings is 1. The van der Waals surface area contributed by atoms with Crippen LogP contribution in [0.3, 0.4) is 0 Å². The van der Waals surface area contributed by atoms with Crippen LogP contribution in [0, 0.1) is 0 Å². The van der Waals surface area contributed by atoms with E-state index in [0.29, 0.717) is 19.0 Å². The van der Waals surface area contributed by atoms with E-state index in [4.69, 9.17) is 0 Å². The van der Waals surface area contributed by atoms with E-state index in [0.717, 1.165) is 30.7 Å². The molecule has 21 heavy (non-hydrogen) atoms. The lowest BCUT2D eigenvalue weighted by Crippen LogP contribution is -2.36. The summed E-state index contributed by atoms with van der Waals surface area (Å²) in [5.41, 5.74) is 2.18. The Morgan fingerprint density at radius 1 is 1.33 bits per heavy atom. The SMILES string of the molecule is O=C(c1n[nH]c(C2CC2)n1)N1CCc2ccc(O)cc2C1. The summed E-state index contributed by atoms with van der Waals surface area (Å²) in [7, 11) is 0. The molecule has 0 unspecified atom stereocenters. The quantitative estimate of drug-likeness (QED) is 0.877. The van der Waals surface area contributed by atoms with Gasteiger partial charge < -0.3 is 10.0 Å². The highest BCUT2D eigenvalue weighted by Gasteiger charge is 2.30. The van der Waals surface area contributed by atoms with E-state index in [-0.39, 0.29) is 17.5 Å². The Bertz CT molecular complexity index is 705. The Hall–Kier alpha value is -2.37. The molecule has 1 amide bonds. The van der Waals surface area contributed by atoms with Crippen molar-refractivity contribution in [3.05, 3.63) is 41.0 Å². The summed E-state index contributed by atoms with van der Waals surface area (Å²) >= 11 is 0. The minimum absolute atomic E-state index is 0.146. The molecular formula is C15H16N4O2. The first kappa shape index (κ1) is 12.4. The molecule has 4 rings (SSSR count). The van der Waals surface area contributed by atoms with Gasteiger partial charge in [-0.15, -0.1) is 5.10 Å². The second kappa shape index (κ2) is 4.58. The maximum atomic E-state index is 12.5. The highest BCUT2D eigenvalue weighted by molar-refractivity contribution is 5.90. The minimum atomic E-state index is -0.146. The summed E-state index contributed by atoms with van der Waals surface area (Å²) < 4.78 is 0. The van der Waals surface area contributed by atoms with Gasteiger partial charge in [0.05, 0.1) is 0 Å². The average Bonchev–Trinajstić information content (AvgIpc) is 3.23. The molecule has 2 N–H and O–H groups in total. The van der Waals surface area contributed by atoms with Gasteiger partial charge in [0, 0.05) is 19.0 Å². The van der Waals surface area contributed by atoms with Gasteiger partial charge in [0.25, 0.3) is 5.91 Å². The molecule has 6 heteroatoms. The first-order valence-electron chi connectivity index (χ1n) is 7.23. The molecule has 0 spiro atoms. The number of nitrogens with zero attached hydrogens (tertiary/aromatic N) is 3. The van der Waals surface area contributed by atoms with Gasteiger partial charge in [-0.2, -0.15) is 0 Å². The zero-order chi connectivity index (χ0) is 14.4. The zero-order valence-electron chi connectivity index (χ0n) is 11.5. The van der Waals surface area contributed by atoms with Crippen molar-refractivity contribution in [1.82, 2.24) is 20.1 Å². The number of phenolic OH excluding ortho intramolecular Hbond substituents is 1. The second-order valence-corrected chi connectivity index (χ2v) is 5.75. The van der Waals surface area contributed by atoms with Crippen molar-refractivity contribution in [1.29, 1.82) is 0 Å². The van der Waals surface area contributed by atoms with Crippen LogP contribution in [0.5, 0.6) is 5.75 Å². The van der Waals surface area contributed by atoms with Crippen LogP contribution in [0.25, 0.3) is 0 Å². The molecule has 2 heterocycles. The van der Waals surface area contributed by atoms with Crippen LogP contribution >= 0.6 is 0 Å². The third-order valence-corrected chi connectivity index (χ3v) is 4.15. The van der Waals surface area contributed by atoms with Crippen LogP contribution in [0.15, 0.2) is 18.2 Å². The largest absolute Gasteiger partial charge is 0.508 e. The molecule has 1 aromatic heterocycles. The molecule has 2 aliphatic rings. The van der Waals surface area contributed by atoms with Crippen molar-refractivity contribution < 1.29 is 9.90 Å². The second-order valence-electron chi connectivity index (χ2n) is 5.75. The van der Waals surface area contributed by atoms with Gasteiger partial charge in [-0.25, -0.2) is 4.98 Å². The van der Waals surface area contributed by atoms with E-state index in [9.17, 15) is 9.90 Å². The Labute approximate surface area is 121 Å². The number of fused-ring (bicyclic) bond motifs is 1. The lowest BCUT2D eigenvalue weighted by Gasteiger charge is -2.28. The van der Waals surface area contributed by atoms with E-state index in [1.54, 1.807) is 17.0 Å². The fourth-order valence-corrected chi connectivity index (χ4v) is 2.77. The Balaban J connectivity index is 1.54. The predicted octanol–water partition coefficient (Wildman–Crippen LogP) is 1.59. The van der Waals surface area contributed by atoms with Gasteiger partial charge in [-0.05, 0) is 42.5 Å². The van der Waals surface area contributed by atoms with Gasteiger partial charge in [0.2, 0.25) is 5.82 Å². The Morgan fingerprint density at radius 3 is 3.00 bits per heavy atom. The number of aromatic nitrogens is 3. The summed E-state index contributed by atoms with van der Waals surface area (Å²) in [5.74, 6) is 1.62. The first-order chi connectivity index (χ1) is 10.2. The molecule has 0 bridgehead atoms. The fourth-order valence-electron chi connectivity index (χ4n) is 2.77. The normalized spacial score (nSPS) is 17.6. The lowest BCUT2D eigenvalue weighted by atomic mass is 9.99. The van der Waals surface area contributed by atoms with Crippen molar-refractivity contribution in [3.63, 3.8) is 0 Å². The van der Waals surface area contributed by atoms with Crippen molar-refractivity contribution in [3.8, 4) is 5.75 Å². The summed E-state index contributed by atoms with van der Waals surface area (Å²) in [6, 6.07) is 5.33. The van der Waals surface area contributed by atoms with E-state index in [1.165, 1.54) is 5.56 Å². The van der Waals surface area contributed by atoms with Crippen LogP contribution in [0.2, 0.25) is 0 Å². The zero-order valence-corrected chi connectivity index (χ0v) is 11.5. The molecule has 0 atom stereocenters. The number of carbonyl (C=O) groups excluding carboxylic acids is 1. The maximum absolute atomic E-state index is 12.5. The van der Waals surface area contributed by atoms with E-state index in [1.807, 2.05) is 6.07 Å². The van der Waals surface area contributed by atoms with E-state index in [2.05, 4.69) is 15.2 Å². The number of phenols is 1. The number of amides is 1. The van der Waals surface area contributed by atoms with Crippen molar-refractivity contribution in [2.24, 2.45) is 0 Å². The van der Waals surface area contributed by atoms with Crippen molar-refractivity contribution in [2.45, 2.75) is 31.7 Å². The van der Waals surface area contributed by atoms with Gasteiger partial charge in [-0.3, -0.25) is 9.89 Å². The third-order valence-electron chi connectivity index (χ3n) is 4.15. The molecule has 0 radical (unpaired) electrons. The van der Waals surface area contributed by atoms with Crippen LogP contribution in [0.4, 0.5) is 0 Å². The number of aromatic hydroxyl groups is 1. The predicted molar refractivity (Wildman–Crippen MR) is 74.9 cm³/mol. The first-order valence-corrected chi connectivity index (χ1v) is 7.23. The third kappa shape index (κ3) is 2.26. The Morgan fingerprint density at radius 2 is 2.19 bits per heavy atom. The minimum Gasteiger partial charge on any atom is -0.508 e. The van der Waals surface area contributed by atoms with E-state index < -0.39 is 0 Å². The monoisotopic (exact) mass is 284 g/mol. The maximum Gasteiger partial charge on any atom is 0.293 e. The van der Waals surface area contributed by atoms with Crippen LogP contribution in [0.1, 0.15) is 46.3 Å². The molecule has 0 saturated heterocycles. The number of rotatable bonds is 2. The standard InChI is InChI=1S/C15H16N4O2/c20-12-4-3-9-5-6-19(8-11(9)7-12)15(21)14-16-13(17-18-14)10-1-2-10/h3-4,7,10,20H,1-2,5-6,8H2,(H,16,17,18). The number of hydrogen-bond donors (Lipinski definition) is 2. The molecule has 2 aromatic rings. The molecule has 1 aliphatic carbocycles. The highest BCUT2D eigenvalue weighted by Crippen LogP contribution is 2.37. The number of carbonyl (C=O) groups is 1. The fraction of sp³-hybridized carbons (Fsp3) is 0.400. The summed E-state index contributed by atoms with van der Waals surface area (Å²) in [5, 5.41) is 16.5. The number of hydrogen-bond acceptors (Lipinski definition) is 4. The molecule has 6 nitrogen and oxygen atoms in total. The molecule has 108 valence electrons. The lowest BCUT2D eigenvalue weighted by molar-refractivity contribution is 0.0722. The van der Waals surface area contributed by atoms with Crippen molar-refractivity contribution >= 4 is 5.91 Å². The molecular weight excluding hydrogens is 268 g/mol. The topological polar surface area (TPSA) is 82.1 Å². The van der Waals surface area contributed by atoms with Crippen LogP contribution < -0.4 is 0 Å². The summed E-state index contributed by atoms with van der Waals surface area (Å²) in [4.78, 5) is 18.5. The molecule has 1 saturated carbocycles. The summed E-state index contributed by atoms with van der Waals surface area (Å²) in [6.45, 7) is 1.15. The van der Waals surface area contributed by atoms with Gasteiger partial charge in [0.1, 0.15) is 11.6 Å². The molecule has 1 aromatic carbocycles. The van der Waals surface area contributed by atoms with Crippen LogP contribution in [-0.4, -0.2) is 37.6 Å². The van der Waals surface area contributed by atoms with Gasteiger partial charge in [-0.1, -0.05) is 6.07 Å². The number of aromatic amines is 1.